The molecule has 1 saturated heterocycles. The average molecular weight is 314 g/mol. The number of aliphatic hydroxyl groups is 1. The van der Waals surface area contributed by atoms with Crippen LogP contribution in [0.2, 0.25) is 0 Å². The number of hydrogen-bond donors (Lipinski definition) is 1. The van der Waals surface area contributed by atoms with Gasteiger partial charge in [0.05, 0.1) is 12.6 Å². The molecule has 2 fully saturated rings. The molecule has 4 nitrogen and oxygen atoms in total. The summed E-state index contributed by atoms with van der Waals surface area (Å²) < 4.78 is 0. The first-order valence-electron chi connectivity index (χ1n) is 9.04. The minimum absolute atomic E-state index is 0.149. The van der Waals surface area contributed by atoms with Crippen LogP contribution in [0.3, 0.4) is 0 Å². The van der Waals surface area contributed by atoms with Crippen molar-refractivity contribution in [3.63, 3.8) is 0 Å². The van der Waals surface area contributed by atoms with E-state index in [0.717, 1.165) is 32.4 Å². The molecule has 1 saturated carbocycles. The predicted molar refractivity (Wildman–Crippen MR) is 88.8 cm³/mol. The molecule has 0 spiro atoms. The van der Waals surface area contributed by atoms with Crippen molar-refractivity contribution in [2.24, 2.45) is 5.92 Å². The third-order valence-corrected chi connectivity index (χ3v) is 5.88. The summed E-state index contributed by atoms with van der Waals surface area (Å²) in [6, 6.07) is 8.64. The molecule has 2 heterocycles. The zero-order chi connectivity index (χ0) is 15.8. The molecule has 2 atom stereocenters. The number of carbonyl (C=O) groups is 1. The number of hydrogen-bond acceptors (Lipinski definition) is 3. The van der Waals surface area contributed by atoms with Crippen molar-refractivity contribution in [3.05, 3.63) is 35.4 Å². The predicted octanol–water partition coefficient (Wildman–Crippen LogP) is 2.33. The Kier molecular flexibility index (Phi) is 4.12. The third-order valence-electron chi connectivity index (χ3n) is 5.88. The van der Waals surface area contributed by atoms with Crippen LogP contribution in [0.4, 0.5) is 0 Å². The second-order valence-corrected chi connectivity index (χ2v) is 7.26. The van der Waals surface area contributed by atoms with Gasteiger partial charge in [-0.15, -0.1) is 0 Å². The second-order valence-electron chi connectivity index (χ2n) is 7.26. The summed E-state index contributed by atoms with van der Waals surface area (Å²) in [5.74, 6) is 0.452. The fraction of sp³-hybridized carbons (Fsp3) is 0.632. The Hall–Kier alpha value is -1.39. The minimum atomic E-state index is -0.533. The molecule has 2 unspecified atom stereocenters. The molecule has 23 heavy (non-hydrogen) atoms. The van der Waals surface area contributed by atoms with Crippen LogP contribution in [-0.2, 0) is 11.2 Å². The smallest absolute Gasteiger partial charge is 0.225 e. The Bertz CT molecular complexity index is 582. The summed E-state index contributed by atoms with van der Waals surface area (Å²) in [4.78, 5) is 17.0. The maximum absolute atomic E-state index is 12.9. The molecule has 1 amide bonds. The summed E-state index contributed by atoms with van der Waals surface area (Å²) in [7, 11) is 0. The maximum atomic E-state index is 12.9. The van der Waals surface area contributed by atoms with E-state index >= 15 is 0 Å². The van der Waals surface area contributed by atoms with Crippen molar-refractivity contribution in [1.29, 1.82) is 0 Å². The van der Waals surface area contributed by atoms with Crippen LogP contribution in [0.25, 0.3) is 0 Å². The van der Waals surface area contributed by atoms with Gasteiger partial charge in [-0.25, -0.2) is 0 Å². The number of carbonyl (C=O) groups excluding carboxylic acids is 1. The van der Waals surface area contributed by atoms with Gasteiger partial charge in [0.2, 0.25) is 5.91 Å². The summed E-state index contributed by atoms with van der Waals surface area (Å²) in [6.07, 6.45) is 6.11. The van der Waals surface area contributed by atoms with E-state index in [-0.39, 0.29) is 17.9 Å². The molecule has 124 valence electrons. The molecule has 1 aromatic carbocycles. The van der Waals surface area contributed by atoms with Crippen molar-refractivity contribution < 1.29 is 9.90 Å². The zero-order valence-electron chi connectivity index (χ0n) is 13.7. The lowest BCUT2D eigenvalue weighted by atomic mass is 9.86. The molecular formula is C19H26N2O2. The van der Waals surface area contributed by atoms with Crippen molar-refractivity contribution >= 4 is 5.91 Å². The van der Waals surface area contributed by atoms with Gasteiger partial charge in [0.25, 0.3) is 0 Å². The van der Waals surface area contributed by atoms with E-state index in [9.17, 15) is 9.90 Å². The van der Waals surface area contributed by atoms with Crippen LogP contribution >= 0.6 is 0 Å². The molecule has 4 heteroatoms. The first-order valence-corrected chi connectivity index (χ1v) is 9.04. The Balaban J connectivity index is 1.55. The normalized spacial score (nSPS) is 29.0. The Morgan fingerprint density at radius 1 is 1.09 bits per heavy atom. The van der Waals surface area contributed by atoms with Gasteiger partial charge < -0.3 is 10.0 Å². The van der Waals surface area contributed by atoms with Gasteiger partial charge in [0.15, 0.2) is 0 Å². The third kappa shape index (κ3) is 2.79. The van der Waals surface area contributed by atoms with Gasteiger partial charge >= 0.3 is 0 Å². The highest BCUT2D eigenvalue weighted by atomic mass is 16.3. The summed E-state index contributed by atoms with van der Waals surface area (Å²) in [5.41, 5.74) is 2.66. The van der Waals surface area contributed by atoms with Crippen molar-refractivity contribution in [1.82, 2.24) is 9.80 Å². The number of rotatable bonds is 1. The highest BCUT2D eigenvalue weighted by Crippen LogP contribution is 2.35. The number of β-amino-alcohol motifs (C(OH)–C–C–N with tert-alkyl or cyclic N) is 1. The largest absolute Gasteiger partial charge is 0.376 e. The molecular weight excluding hydrogens is 288 g/mol. The number of nitrogens with zero attached hydrogens (tertiary/aromatic N) is 2. The molecule has 2 aliphatic heterocycles. The summed E-state index contributed by atoms with van der Waals surface area (Å²) in [6.45, 7) is 2.08. The zero-order valence-corrected chi connectivity index (χ0v) is 13.7. The Morgan fingerprint density at radius 2 is 1.87 bits per heavy atom. The summed E-state index contributed by atoms with van der Waals surface area (Å²) in [5, 5.41) is 10.6. The van der Waals surface area contributed by atoms with Gasteiger partial charge in [-0.05, 0) is 30.4 Å². The van der Waals surface area contributed by atoms with Crippen LogP contribution in [0.15, 0.2) is 24.3 Å². The SMILES string of the molecule is O=C(C1CCCCC1)N1CC(O)N2CCc3ccccc3C2C1. The highest BCUT2D eigenvalue weighted by molar-refractivity contribution is 5.79. The number of benzene rings is 1. The van der Waals surface area contributed by atoms with E-state index < -0.39 is 6.23 Å². The molecule has 1 aromatic rings. The quantitative estimate of drug-likeness (QED) is 0.865. The van der Waals surface area contributed by atoms with Gasteiger partial charge in [0.1, 0.15) is 6.23 Å². The van der Waals surface area contributed by atoms with Crippen LogP contribution in [0.5, 0.6) is 0 Å². The van der Waals surface area contributed by atoms with Gasteiger partial charge in [-0.1, -0.05) is 43.5 Å². The fourth-order valence-corrected chi connectivity index (χ4v) is 4.60. The van der Waals surface area contributed by atoms with E-state index in [0.29, 0.717) is 6.54 Å². The number of amides is 1. The fourth-order valence-electron chi connectivity index (χ4n) is 4.60. The van der Waals surface area contributed by atoms with E-state index in [1.807, 2.05) is 4.90 Å². The van der Waals surface area contributed by atoms with Crippen molar-refractivity contribution in [2.75, 3.05) is 19.6 Å². The lowest BCUT2D eigenvalue weighted by Gasteiger charge is -2.48. The lowest BCUT2D eigenvalue weighted by Crippen LogP contribution is -2.58. The molecule has 1 aliphatic carbocycles. The Labute approximate surface area is 138 Å². The van der Waals surface area contributed by atoms with Gasteiger partial charge in [-0.2, -0.15) is 0 Å². The standard InChI is InChI=1S/C19H26N2O2/c22-18-13-20(19(23)15-7-2-1-3-8-15)12-17-16-9-5-4-6-14(16)10-11-21(17)18/h4-6,9,15,17-18,22H,1-3,7-8,10-13H2. The molecule has 1 N–H and O–H groups in total. The topological polar surface area (TPSA) is 43.8 Å². The maximum Gasteiger partial charge on any atom is 0.225 e. The average Bonchev–Trinajstić information content (AvgIpc) is 2.61. The van der Waals surface area contributed by atoms with E-state index in [1.54, 1.807) is 0 Å². The van der Waals surface area contributed by atoms with Gasteiger partial charge in [-0.3, -0.25) is 9.69 Å². The lowest BCUT2D eigenvalue weighted by molar-refractivity contribution is -0.151. The molecule has 0 radical (unpaired) electrons. The second kappa shape index (κ2) is 6.25. The molecule has 4 rings (SSSR count). The molecule has 0 bridgehead atoms. The molecule has 3 aliphatic rings. The van der Waals surface area contributed by atoms with Crippen LogP contribution < -0.4 is 0 Å². The van der Waals surface area contributed by atoms with Crippen molar-refractivity contribution in [3.8, 4) is 0 Å². The van der Waals surface area contributed by atoms with Crippen molar-refractivity contribution in [2.45, 2.75) is 50.8 Å². The monoisotopic (exact) mass is 314 g/mol. The van der Waals surface area contributed by atoms with E-state index in [4.69, 9.17) is 0 Å². The van der Waals surface area contributed by atoms with Crippen LogP contribution in [0.1, 0.15) is 49.3 Å². The van der Waals surface area contributed by atoms with Crippen LogP contribution in [-0.4, -0.2) is 46.7 Å². The van der Waals surface area contributed by atoms with E-state index in [1.165, 1.54) is 30.4 Å². The Morgan fingerprint density at radius 3 is 2.70 bits per heavy atom. The first-order chi connectivity index (χ1) is 11.2. The number of piperazine rings is 1. The van der Waals surface area contributed by atoms with E-state index in [2.05, 4.69) is 29.2 Å². The van der Waals surface area contributed by atoms with Gasteiger partial charge in [0, 0.05) is 19.0 Å². The van der Waals surface area contributed by atoms with Crippen LogP contribution in [0, 0.1) is 5.92 Å². The highest BCUT2D eigenvalue weighted by Gasteiger charge is 2.40. The molecule has 0 aromatic heterocycles. The number of fused-ring (bicyclic) bond motifs is 3. The number of aliphatic hydroxyl groups excluding tert-OH is 1. The minimum Gasteiger partial charge on any atom is -0.376 e. The first kappa shape index (κ1) is 15.2. The summed E-state index contributed by atoms with van der Waals surface area (Å²) >= 11 is 0.